The average Bonchev–Trinajstić information content (AvgIpc) is 3.17. The quantitative estimate of drug-likeness (QED) is 0.655. The maximum Gasteiger partial charge on any atom is 0.321 e. The molecule has 3 amide bonds. The normalized spacial score (nSPS) is 18.1. The lowest BCUT2D eigenvalue weighted by molar-refractivity contribution is 0.0585. The first-order valence-electron chi connectivity index (χ1n) is 11.4. The van der Waals surface area contributed by atoms with Crippen LogP contribution in [0.3, 0.4) is 0 Å². The second-order valence-electron chi connectivity index (χ2n) is 9.81. The number of carbonyl (C=O) groups is 2. The predicted molar refractivity (Wildman–Crippen MR) is 132 cm³/mol. The third kappa shape index (κ3) is 4.51. The lowest BCUT2D eigenvalue weighted by Crippen LogP contribution is -2.54. The number of aryl methyl sites for hydroxylation is 1. The molecule has 32 heavy (non-hydrogen) atoms. The topological polar surface area (TPSA) is 52.7 Å². The van der Waals surface area contributed by atoms with Gasteiger partial charge in [0.05, 0.1) is 4.87 Å². The van der Waals surface area contributed by atoms with Gasteiger partial charge in [0.25, 0.3) is 5.91 Å². The molecule has 0 atom stereocenters. The van der Waals surface area contributed by atoms with Crippen LogP contribution in [-0.2, 0) is 5.41 Å². The molecular formula is C26H33N3O2S. The van der Waals surface area contributed by atoms with Crippen molar-refractivity contribution >= 4 is 29.4 Å². The second-order valence-corrected chi connectivity index (χ2v) is 11.3. The Bertz CT molecular complexity index is 989. The van der Waals surface area contributed by atoms with Crippen LogP contribution in [0.5, 0.6) is 0 Å². The first-order valence-corrected chi connectivity index (χ1v) is 12.4. The van der Waals surface area contributed by atoms with E-state index in [2.05, 4.69) is 43.1 Å². The highest BCUT2D eigenvalue weighted by molar-refractivity contribution is 8.00. The van der Waals surface area contributed by atoms with Gasteiger partial charge in [0, 0.05) is 36.6 Å². The van der Waals surface area contributed by atoms with Crippen molar-refractivity contribution in [2.24, 2.45) is 0 Å². The van der Waals surface area contributed by atoms with Crippen LogP contribution in [0.2, 0.25) is 0 Å². The minimum absolute atomic E-state index is 0.0622. The van der Waals surface area contributed by atoms with Gasteiger partial charge in [-0.2, -0.15) is 0 Å². The van der Waals surface area contributed by atoms with Crippen LogP contribution in [0, 0.1) is 6.92 Å². The van der Waals surface area contributed by atoms with Crippen molar-refractivity contribution in [3.63, 3.8) is 0 Å². The van der Waals surface area contributed by atoms with Gasteiger partial charge in [-0.25, -0.2) is 4.79 Å². The Hall–Kier alpha value is -2.47. The highest BCUT2D eigenvalue weighted by atomic mass is 32.2. The summed E-state index contributed by atoms with van der Waals surface area (Å²) >= 11 is 1.87. The maximum absolute atomic E-state index is 13.4. The summed E-state index contributed by atoms with van der Waals surface area (Å²) in [5.74, 6) is 1.05. The second kappa shape index (κ2) is 8.81. The summed E-state index contributed by atoms with van der Waals surface area (Å²) in [4.78, 5) is 29.9. The highest BCUT2D eigenvalue weighted by Crippen LogP contribution is 2.44. The number of nitrogens with zero attached hydrogens (tertiary/aromatic N) is 2. The van der Waals surface area contributed by atoms with E-state index in [1.807, 2.05) is 60.0 Å². The molecule has 1 spiro atoms. The third-order valence-corrected chi connectivity index (χ3v) is 8.19. The van der Waals surface area contributed by atoms with Gasteiger partial charge in [-0.3, -0.25) is 4.79 Å². The Balaban J connectivity index is 1.42. The van der Waals surface area contributed by atoms with Crippen LogP contribution < -0.4 is 5.32 Å². The summed E-state index contributed by atoms with van der Waals surface area (Å²) in [6.07, 6.45) is 1.59. The number of thioether (sulfide) groups is 1. The third-order valence-electron chi connectivity index (χ3n) is 6.64. The zero-order valence-corrected chi connectivity index (χ0v) is 20.3. The number of benzene rings is 2. The number of rotatable bonds is 2. The van der Waals surface area contributed by atoms with E-state index < -0.39 is 0 Å². The Morgan fingerprint density at radius 1 is 0.969 bits per heavy atom. The molecule has 2 aromatic rings. The average molecular weight is 452 g/mol. The number of carbonyl (C=O) groups excluding carboxylic acids is 2. The van der Waals surface area contributed by atoms with Gasteiger partial charge in [-0.15, -0.1) is 11.8 Å². The summed E-state index contributed by atoms with van der Waals surface area (Å²) in [7, 11) is 0. The summed E-state index contributed by atoms with van der Waals surface area (Å²) in [6, 6.07) is 15.8. The summed E-state index contributed by atoms with van der Waals surface area (Å²) in [5, 5.41) is 3.04. The van der Waals surface area contributed by atoms with Crippen LogP contribution in [-0.4, -0.2) is 52.0 Å². The van der Waals surface area contributed by atoms with Gasteiger partial charge in [0.1, 0.15) is 0 Å². The lowest BCUT2D eigenvalue weighted by atomic mass is 9.86. The molecule has 2 aliphatic heterocycles. The van der Waals surface area contributed by atoms with E-state index in [1.165, 1.54) is 5.56 Å². The minimum Gasteiger partial charge on any atom is -0.324 e. The standard InChI is InChI=1S/C26H33N3O2S/c1-19-7-5-6-8-22(19)27-24(31)28-15-13-26(14-16-28)29(17-18-32-26)23(30)20-9-11-21(12-10-20)25(2,3)4/h5-12H,13-18H2,1-4H3,(H,27,31). The molecule has 0 aliphatic carbocycles. The van der Waals surface area contributed by atoms with Gasteiger partial charge in [0.15, 0.2) is 0 Å². The van der Waals surface area contributed by atoms with Gasteiger partial charge < -0.3 is 15.1 Å². The molecule has 1 N–H and O–H groups in total. The number of piperidine rings is 1. The number of amides is 3. The Morgan fingerprint density at radius 2 is 1.62 bits per heavy atom. The number of hydrogen-bond donors (Lipinski definition) is 1. The van der Waals surface area contributed by atoms with E-state index in [0.717, 1.165) is 42.0 Å². The van der Waals surface area contributed by atoms with Crippen LogP contribution >= 0.6 is 11.8 Å². The summed E-state index contributed by atoms with van der Waals surface area (Å²) in [5.41, 5.74) is 3.95. The molecule has 5 nitrogen and oxygen atoms in total. The van der Waals surface area contributed by atoms with Crippen LogP contribution in [0.1, 0.15) is 55.1 Å². The molecule has 4 rings (SSSR count). The van der Waals surface area contributed by atoms with Crippen molar-refractivity contribution in [3.05, 3.63) is 65.2 Å². The van der Waals surface area contributed by atoms with Crippen molar-refractivity contribution in [2.45, 2.75) is 50.8 Å². The fraction of sp³-hybridized carbons (Fsp3) is 0.462. The van der Waals surface area contributed by atoms with Crippen LogP contribution in [0.25, 0.3) is 0 Å². The Kier molecular flexibility index (Phi) is 6.26. The van der Waals surface area contributed by atoms with Crippen molar-refractivity contribution < 1.29 is 9.59 Å². The molecule has 0 aromatic heterocycles. The fourth-order valence-electron chi connectivity index (χ4n) is 4.54. The predicted octanol–water partition coefficient (Wildman–Crippen LogP) is 5.51. The van der Waals surface area contributed by atoms with Gasteiger partial charge >= 0.3 is 6.03 Å². The molecule has 2 heterocycles. The molecule has 2 aliphatic rings. The lowest BCUT2D eigenvalue weighted by Gasteiger charge is -2.44. The van der Waals surface area contributed by atoms with Crippen LogP contribution in [0.4, 0.5) is 10.5 Å². The number of likely N-dealkylation sites (tertiary alicyclic amines) is 1. The molecule has 0 bridgehead atoms. The molecule has 6 heteroatoms. The first-order chi connectivity index (χ1) is 15.2. The van der Waals surface area contributed by atoms with E-state index in [4.69, 9.17) is 0 Å². The minimum atomic E-state index is -0.209. The number of para-hydroxylation sites is 1. The Labute approximate surface area is 195 Å². The number of urea groups is 1. The molecule has 2 fully saturated rings. The number of anilines is 1. The zero-order chi connectivity index (χ0) is 22.9. The van der Waals surface area contributed by atoms with E-state index >= 15 is 0 Å². The fourth-order valence-corrected chi connectivity index (χ4v) is 6.00. The summed E-state index contributed by atoms with van der Waals surface area (Å²) < 4.78 is 0. The van der Waals surface area contributed by atoms with Gasteiger partial charge in [-0.05, 0) is 54.5 Å². The van der Waals surface area contributed by atoms with Crippen molar-refractivity contribution in [2.75, 3.05) is 30.7 Å². The molecule has 0 radical (unpaired) electrons. The van der Waals surface area contributed by atoms with E-state index in [9.17, 15) is 9.59 Å². The largest absolute Gasteiger partial charge is 0.324 e. The Morgan fingerprint density at radius 3 is 2.25 bits per heavy atom. The van der Waals surface area contributed by atoms with Gasteiger partial charge in [0.2, 0.25) is 0 Å². The zero-order valence-electron chi connectivity index (χ0n) is 19.5. The molecule has 0 unspecified atom stereocenters. The van der Waals surface area contributed by atoms with E-state index in [1.54, 1.807) is 0 Å². The molecule has 2 aromatic carbocycles. The molecule has 170 valence electrons. The smallest absolute Gasteiger partial charge is 0.321 e. The SMILES string of the molecule is Cc1ccccc1NC(=O)N1CCC2(CC1)SCCN2C(=O)c1ccc(C(C)(C)C)cc1. The van der Waals surface area contributed by atoms with Crippen molar-refractivity contribution in [3.8, 4) is 0 Å². The monoisotopic (exact) mass is 451 g/mol. The van der Waals surface area contributed by atoms with E-state index in [0.29, 0.717) is 13.1 Å². The molecule has 0 saturated carbocycles. The van der Waals surface area contributed by atoms with Crippen LogP contribution in [0.15, 0.2) is 48.5 Å². The number of hydrogen-bond acceptors (Lipinski definition) is 3. The van der Waals surface area contributed by atoms with Gasteiger partial charge in [-0.1, -0.05) is 51.1 Å². The molecule has 2 saturated heterocycles. The highest BCUT2D eigenvalue weighted by Gasteiger charge is 2.47. The van der Waals surface area contributed by atoms with Crippen molar-refractivity contribution in [1.82, 2.24) is 9.80 Å². The maximum atomic E-state index is 13.4. The first kappa shape index (κ1) is 22.7. The van der Waals surface area contributed by atoms with E-state index in [-0.39, 0.29) is 22.2 Å². The summed E-state index contributed by atoms with van der Waals surface area (Å²) in [6.45, 7) is 10.6. The van der Waals surface area contributed by atoms with Crippen molar-refractivity contribution in [1.29, 1.82) is 0 Å². The molecular weight excluding hydrogens is 418 g/mol. The number of nitrogens with one attached hydrogen (secondary N) is 1.